The molecule has 2 amide bonds. The number of carbonyl (C=O) groups is 2. The lowest BCUT2D eigenvalue weighted by molar-refractivity contribution is -0.111. The summed E-state index contributed by atoms with van der Waals surface area (Å²) in [4.78, 5) is 25.1. The third-order valence-corrected chi connectivity index (χ3v) is 5.32. The number of nitrogens with one attached hydrogen (secondary N) is 2. The molecule has 0 unspecified atom stereocenters. The summed E-state index contributed by atoms with van der Waals surface area (Å²) >= 11 is 0. The van der Waals surface area contributed by atoms with Crippen LogP contribution in [0.5, 0.6) is 17.2 Å². The van der Waals surface area contributed by atoms with Gasteiger partial charge in [-0.1, -0.05) is 37.3 Å². The number of amides is 2. The van der Waals surface area contributed by atoms with Gasteiger partial charge in [0.1, 0.15) is 11.9 Å². The number of benzene rings is 3. The number of phenolic OH excluding ortho intramolecular Hbond substituents is 1. The largest absolute Gasteiger partial charge is 0.508 e. The molecule has 3 aromatic carbocycles. The summed E-state index contributed by atoms with van der Waals surface area (Å²) in [5, 5.41) is 15.0. The van der Waals surface area contributed by atoms with E-state index in [9.17, 15) is 14.7 Å². The van der Waals surface area contributed by atoms with Crippen LogP contribution in [-0.4, -0.2) is 23.9 Å². The van der Waals surface area contributed by atoms with Gasteiger partial charge in [0, 0.05) is 17.7 Å². The average Bonchev–Trinajstić information content (AvgIpc) is 3.31. The van der Waals surface area contributed by atoms with Gasteiger partial charge in [0.15, 0.2) is 11.5 Å². The van der Waals surface area contributed by atoms with Crippen molar-refractivity contribution in [2.75, 3.05) is 23.2 Å². The molecule has 35 heavy (non-hydrogen) atoms. The molecule has 0 spiro atoms. The van der Waals surface area contributed by atoms with Crippen LogP contribution in [0.2, 0.25) is 0 Å². The number of carbonyl (C=O) groups excluding carboxylic acids is 2. The van der Waals surface area contributed by atoms with Gasteiger partial charge in [-0.15, -0.1) is 0 Å². The summed E-state index contributed by atoms with van der Waals surface area (Å²) in [5.41, 5.74) is 7.95. The second-order valence-electron chi connectivity index (χ2n) is 7.91. The number of hydrogen-bond donors (Lipinski definition) is 4. The van der Waals surface area contributed by atoms with E-state index in [1.165, 1.54) is 18.2 Å². The maximum atomic E-state index is 12.7. The van der Waals surface area contributed by atoms with Crippen LogP contribution >= 0.6 is 0 Å². The maximum absolute atomic E-state index is 12.7. The molecule has 0 saturated heterocycles. The van der Waals surface area contributed by atoms with Crippen molar-refractivity contribution in [2.24, 2.45) is 5.92 Å². The molecule has 2 atom stereocenters. The summed E-state index contributed by atoms with van der Waals surface area (Å²) in [6.45, 7) is 1.94. The van der Waals surface area contributed by atoms with E-state index >= 15 is 0 Å². The summed E-state index contributed by atoms with van der Waals surface area (Å²) < 4.78 is 16.3. The van der Waals surface area contributed by atoms with Crippen LogP contribution in [0.15, 0.2) is 78.9 Å². The van der Waals surface area contributed by atoms with Gasteiger partial charge in [0.2, 0.25) is 12.7 Å². The van der Waals surface area contributed by atoms with Crippen LogP contribution in [0, 0.1) is 5.92 Å². The van der Waals surface area contributed by atoms with Gasteiger partial charge in [-0.2, -0.15) is 0 Å². The zero-order chi connectivity index (χ0) is 24.8. The van der Waals surface area contributed by atoms with Crippen molar-refractivity contribution in [1.82, 2.24) is 0 Å². The Morgan fingerprint density at radius 2 is 1.77 bits per heavy atom. The fourth-order valence-electron chi connectivity index (χ4n) is 3.51. The zero-order valence-corrected chi connectivity index (χ0v) is 18.9. The highest BCUT2D eigenvalue weighted by Gasteiger charge is 2.23. The molecule has 0 aromatic heterocycles. The Balaban J connectivity index is 1.46. The Morgan fingerprint density at radius 3 is 2.54 bits per heavy atom. The quantitative estimate of drug-likeness (QED) is 0.284. The summed E-state index contributed by atoms with van der Waals surface area (Å²) in [6, 6.07) is 18.3. The van der Waals surface area contributed by atoms with E-state index in [1.807, 2.05) is 6.92 Å². The molecule has 9 nitrogen and oxygen atoms in total. The number of para-hydroxylation sites is 2. The lowest BCUT2D eigenvalue weighted by Crippen LogP contribution is -2.21. The second kappa shape index (κ2) is 10.5. The van der Waals surface area contributed by atoms with E-state index in [4.69, 9.17) is 19.9 Å². The van der Waals surface area contributed by atoms with E-state index < -0.39 is 12.2 Å². The van der Waals surface area contributed by atoms with E-state index in [0.29, 0.717) is 34.1 Å². The van der Waals surface area contributed by atoms with Crippen LogP contribution in [0.3, 0.4) is 0 Å². The molecule has 0 aliphatic carbocycles. The Hall–Kier alpha value is -4.66. The van der Waals surface area contributed by atoms with Crippen molar-refractivity contribution in [1.29, 1.82) is 0 Å². The van der Waals surface area contributed by atoms with Gasteiger partial charge in [0.05, 0.1) is 11.4 Å². The van der Waals surface area contributed by atoms with Crippen LogP contribution < -0.4 is 25.8 Å². The minimum atomic E-state index is -0.740. The van der Waals surface area contributed by atoms with Crippen molar-refractivity contribution < 1.29 is 28.9 Å². The first-order chi connectivity index (χ1) is 16.9. The fraction of sp³-hybridized carbons (Fsp3) is 0.154. The number of nitrogens with two attached hydrogens (primary N) is 1. The highest BCUT2D eigenvalue weighted by molar-refractivity contribution is 6.01. The highest BCUT2D eigenvalue weighted by atomic mass is 16.7. The van der Waals surface area contributed by atoms with E-state index in [0.717, 1.165) is 0 Å². The summed E-state index contributed by atoms with van der Waals surface area (Å²) in [6.07, 6.45) is 1.57. The molecule has 0 fully saturated rings. The molecule has 0 radical (unpaired) electrons. The number of fused-ring (bicyclic) bond motifs is 1. The second-order valence-corrected chi connectivity index (χ2v) is 7.91. The highest BCUT2D eigenvalue weighted by Crippen LogP contribution is 2.35. The minimum absolute atomic E-state index is 0.0836. The predicted molar refractivity (Wildman–Crippen MR) is 131 cm³/mol. The first kappa shape index (κ1) is 23.5. The smallest absolute Gasteiger partial charge is 0.412 e. The Labute approximate surface area is 202 Å². The topological polar surface area (TPSA) is 132 Å². The summed E-state index contributed by atoms with van der Waals surface area (Å²) in [7, 11) is 0. The first-order valence-electron chi connectivity index (χ1n) is 10.9. The molecular weight excluding hydrogens is 450 g/mol. The van der Waals surface area contributed by atoms with Crippen molar-refractivity contribution in [3.05, 3.63) is 84.4 Å². The van der Waals surface area contributed by atoms with Crippen molar-refractivity contribution in [3.63, 3.8) is 0 Å². The molecule has 1 aliphatic rings. The van der Waals surface area contributed by atoms with E-state index in [2.05, 4.69) is 10.6 Å². The van der Waals surface area contributed by atoms with Gasteiger partial charge in [-0.25, -0.2) is 4.79 Å². The number of ether oxygens (including phenoxy) is 3. The minimum Gasteiger partial charge on any atom is -0.508 e. The van der Waals surface area contributed by atoms with E-state index in [-0.39, 0.29) is 24.4 Å². The monoisotopic (exact) mass is 475 g/mol. The molecular formula is C26H25N3O6. The third-order valence-electron chi connectivity index (χ3n) is 5.32. The standard InChI is InChI=1S/C26H25N3O6/c1-16(6-13-24(31)29-21-5-3-2-4-20(21)27)25(17-7-10-19(30)11-8-17)35-26(32)28-18-9-12-22-23(14-18)34-15-33-22/h2-14,16,25,30H,15,27H2,1H3,(H,28,32)(H,29,31)/b13-6+/t16-,25-/m1/s1. The molecule has 1 aliphatic heterocycles. The Kier molecular flexibility index (Phi) is 7.06. The molecule has 3 aromatic rings. The Morgan fingerprint density at radius 1 is 1.03 bits per heavy atom. The molecule has 5 N–H and O–H groups in total. The SMILES string of the molecule is C[C@H](/C=C/C(=O)Nc1ccccc1N)[C@@H](OC(=O)Nc1ccc2c(c1)OCO2)c1ccc(O)cc1. The van der Waals surface area contributed by atoms with Gasteiger partial charge < -0.3 is 30.4 Å². The first-order valence-corrected chi connectivity index (χ1v) is 10.9. The fourth-order valence-corrected chi connectivity index (χ4v) is 3.51. The summed E-state index contributed by atoms with van der Waals surface area (Å²) in [5.74, 6) is 0.449. The number of rotatable bonds is 7. The lowest BCUT2D eigenvalue weighted by Gasteiger charge is -2.23. The normalized spacial score (nSPS) is 13.7. The molecule has 1 heterocycles. The molecule has 180 valence electrons. The molecule has 0 bridgehead atoms. The van der Waals surface area contributed by atoms with Crippen LogP contribution in [0.1, 0.15) is 18.6 Å². The van der Waals surface area contributed by atoms with Crippen LogP contribution in [0.4, 0.5) is 21.9 Å². The van der Waals surface area contributed by atoms with Crippen molar-refractivity contribution in [3.8, 4) is 17.2 Å². The number of nitrogen functional groups attached to an aromatic ring is 1. The van der Waals surface area contributed by atoms with Gasteiger partial charge in [-0.3, -0.25) is 10.1 Å². The number of anilines is 3. The average molecular weight is 476 g/mol. The van der Waals surface area contributed by atoms with Gasteiger partial charge >= 0.3 is 6.09 Å². The van der Waals surface area contributed by atoms with Crippen LogP contribution in [-0.2, 0) is 9.53 Å². The Bertz CT molecular complexity index is 1240. The number of hydrogen-bond acceptors (Lipinski definition) is 7. The van der Waals surface area contributed by atoms with Crippen molar-refractivity contribution in [2.45, 2.75) is 13.0 Å². The molecule has 0 saturated carbocycles. The maximum Gasteiger partial charge on any atom is 0.412 e. The predicted octanol–water partition coefficient (Wildman–Crippen LogP) is 4.82. The third kappa shape index (κ3) is 6.02. The lowest BCUT2D eigenvalue weighted by atomic mass is 9.96. The van der Waals surface area contributed by atoms with Gasteiger partial charge in [0.25, 0.3) is 0 Å². The number of phenols is 1. The number of aromatic hydroxyl groups is 1. The van der Waals surface area contributed by atoms with E-state index in [1.54, 1.807) is 60.7 Å². The molecule has 9 heteroatoms. The zero-order valence-electron chi connectivity index (χ0n) is 18.9. The van der Waals surface area contributed by atoms with Crippen LogP contribution in [0.25, 0.3) is 0 Å². The van der Waals surface area contributed by atoms with Crippen molar-refractivity contribution >= 4 is 29.1 Å². The van der Waals surface area contributed by atoms with Gasteiger partial charge in [-0.05, 0) is 48.0 Å². The molecule has 4 rings (SSSR count).